The summed E-state index contributed by atoms with van der Waals surface area (Å²) in [5.74, 6) is 0.223. The molecule has 1 heterocycles. The highest BCUT2D eigenvalue weighted by molar-refractivity contribution is 8.13. The van der Waals surface area contributed by atoms with Gasteiger partial charge in [-0.3, -0.25) is 4.79 Å². The number of hydrogen-bond donors (Lipinski definition) is 1. The van der Waals surface area contributed by atoms with Gasteiger partial charge in [-0.15, -0.1) is 0 Å². The Hall–Kier alpha value is -2.12. The summed E-state index contributed by atoms with van der Waals surface area (Å²) in [6.45, 7) is -2.89. The molecule has 1 atom stereocenters. The molecule has 2 aromatic rings. The second-order valence-electron chi connectivity index (χ2n) is 5.15. The van der Waals surface area contributed by atoms with E-state index >= 15 is 0 Å². The number of aliphatic imine (C=N–C) groups is 1. The van der Waals surface area contributed by atoms with E-state index in [9.17, 15) is 13.6 Å². The minimum Gasteiger partial charge on any atom is -0.435 e. The molecule has 1 N–H and O–H groups in total. The lowest BCUT2D eigenvalue weighted by molar-refractivity contribution is -0.120. The molecule has 1 amide bonds. The van der Waals surface area contributed by atoms with E-state index in [4.69, 9.17) is 11.6 Å². The molecule has 0 bridgehead atoms. The lowest BCUT2D eigenvalue weighted by Crippen LogP contribution is -2.24. The van der Waals surface area contributed by atoms with Gasteiger partial charge in [-0.05, 0) is 23.8 Å². The molecule has 0 aliphatic carbocycles. The third kappa shape index (κ3) is 4.49. The number of halogens is 3. The molecule has 0 fully saturated rings. The summed E-state index contributed by atoms with van der Waals surface area (Å²) in [5.41, 5.74) is 1.33. The zero-order valence-electron chi connectivity index (χ0n) is 12.8. The molecule has 8 heteroatoms. The highest BCUT2D eigenvalue weighted by atomic mass is 35.5. The number of thioether (sulfide) groups is 1. The number of amidine groups is 1. The number of alkyl halides is 2. The minimum absolute atomic E-state index is 0.115. The molecule has 1 aliphatic rings. The van der Waals surface area contributed by atoms with Gasteiger partial charge < -0.3 is 10.1 Å². The molecule has 0 saturated heterocycles. The average Bonchev–Trinajstić information content (AvgIpc) is 2.95. The lowest BCUT2D eigenvalue weighted by Gasteiger charge is -2.09. The molecule has 2 aromatic carbocycles. The van der Waals surface area contributed by atoms with Crippen molar-refractivity contribution in [2.24, 2.45) is 4.99 Å². The van der Waals surface area contributed by atoms with Gasteiger partial charge in [0.2, 0.25) is 0 Å². The summed E-state index contributed by atoms with van der Waals surface area (Å²) in [6, 6.07) is 12.8. The molecule has 130 valence electrons. The van der Waals surface area contributed by atoms with Crippen molar-refractivity contribution in [1.29, 1.82) is 0 Å². The van der Waals surface area contributed by atoms with Crippen molar-refractivity contribution in [2.75, 3.05) is 0 Å². The van der Waals surface area contributed by atoms with Crippen LogP contribution in [-0.4, -0.2) is 17.7 Å². The zero-order valence-corrected chi connectivity index (χ0v) is 14.4. The number of benzene rings is 2. The van der Waals surface area contributed by atoms with E-state index in [2.05, 4.69) is 15.0 Å². The van der Waals surface area contributed by atoms with Crippen molar-refractivity contribution in [1.82, 2.24) is 5.32 Å². The SMILES string of the molecule is O=C1NC(SCc2ccccc2OC(F)F)=NC1c1ccc(Cl)cc1. The van der Waals surface area contributed by atoms with Gasteiger partial charge in [0.1, 0.15) is 5.75 Å². The van der Waals surface area contributed by atoms with Crippen LogP contribution in [0.5, 0.6) is 5.75 Å². The third-order valence-corrected chi connectivity index (χ3v) is 4.65. The van der Waals surface area contributed by atoms with Crippen LogP contribution in [0, 0.1) is 0 Å². The predicted octanol–water partition coefficient (Wildman–Crippen LogP) is 4.40. The zero-order chi connectivity index (χ0) is 17.8. The number of carbonyl (C=O) groups excluding carboxylic acids is 1. The second-order valence-corrected chi connectivity index (χ2v) is 6.55. The quantitative estimate of drug-likeness (QED) is 0.833. The van der Waals surface area contributed by atoms with Gasteiger partial charge in [0.25, 0.3) is 5.91 Å². The van der Waals surface area contributed by atoms with Crippen LogP contribution in [0.25, 0.3) is 0 Å². The topological polar surface area (TPSA) is 50.7 Å². The maximum Gasteiger partial charge on any atom is 0.387 e. The summed E-state index contributed by atoms with van der Waals surface area (Å²) < 4.78 is 29.4. The smallest absolute Gasteiger partial charge is 0.387 e. The van der Waals surface area contributed by atoms with Crippen LogP contribution in [-0.2, 0) is 10.5 Å². The van der Waals surface area contributed by atoms with Crippen LogP contribution < -0.4 is 10.1 Å². The Kier molecular flexibility index (Phi) is 5.55. The summed E-state index contributed by atoms with van der Waals surface area (Å²) in [7, 11) is 0. The van der Waals surface area contributed by atoms with Crippen molar-refractivity contribution in [3.8, 4) is 5.75 Å². The van der Waals surface area contributed by atoms with Crippen LogP contribution in [0.2, 0.25) is 5.02 Å². The monoisotopic (exact) mass is 382 g/mol. The normalized spacial score (nSPS) is 16.7. The molecule has 1 unspecified atom stereocenters. The first-order valence-corrected chi connectivity index (χ1v) is 8.69. The van der Waals surface area contributed by atoms with Gasteiger partial charge in [-0.2, -0.15) is 8.78 Å². The maximum atomic E-state index is 12.4. The standard InChI is InChI=1S/C17H13ClF2N2O2S/c18-12-7-5-10(6-8-12)14-15(23)22-17(21-14)25-9-11-3-1-2-4-13(11)24-16(19)20/h1-8,14,16H,9H2,(H,21,22,23). The third-order valence-electron chi connectivity index (χ3n) is 3.46. The second kappa shape index (κ2) is 7.84. The van der Waals surface area contributed by atoms with E-state index in [-0.39, 0.29) is 11.7 Å². The first-order valence-electron chi connectivity index (χ1n) is 7.32. The number of amides is 1. The number of hydrogen-bond acceptors (Lipinski definition) is 4. The highest BCUT2D eigenvalue weighted by Crippen LogP contribution is 2.29. The Morgan fingerprint density at radius 2 is 1.92 bits per heavy atom. The Labute approximate surface area is 152 Å². The van der Waals surface area contributed by atoms with Gasteiger partial charge in [-0.25, -0.2) is 4.99 Å². The molecular formula is C17H13ClF2N2O2S. The first-order chi connectivity index (χ1) is 12.0. The number of para-hydroxylation sites is 1. The molecule has 0 spiro atoms. The predicted molar refractivity (Wildman–Crippen MR) is 94.1 cm³/mol. The fourth-order valence-electron chi connectivity index (χ4n) is 2.31. The largest absolute Gasteiger partial charge is 0.435 e. The Balaban J connectivity index is 1.69. The Bertz CT molecular complexity index is 799. The van der Waals surface area contributed by atoms with Gasteiger partial charge in [0.05, 0.1) is 0 Å². The molecule has 1 aliphatic heterocycles. The molecule has 0 saturated carbocycles. The van der Waals surface area contributed by atoms with Crippen molar-refractivity contribution >= 4 is 34.4 Å². The number of carbonyl (C=O) groups is 1. The minimum atomic E-state index is -2.89. The average molecular weight is 383 g/mol. The summed E-state index contributed by atoms with van der Waals surface area (Å²) in [6.07, 6.45) is 0. The van der Waals surface area contributed by atoms with Crippen molar-refractivity contribution in [3.05, 3.63) is 64.7 Å². The number of rotatable bonds is 5. The van der Waals surface area contributed by atoms with Crippen LogP contribution in [0.3, 0.4) is 0 Å². The first kappa shape index (κ1) is 17.7. The Morgan fingerprint density at radius 1 is 1.20 bits per heavy atom. The van der Waals surface area contributed by atoms with Gasteiger partial charge >= 0.3 is 6.61 Å². The fourth-order valence-corrected chi connectivity index (χ4v) is 3.32. The van der Waals surface area contributed by atoms with E-state index in [0.717, 1.165) is 5.56 Å². The summed E-state index contributed by atoms with van der Waals surface area (Å²) in [5, 5.41) is 3.72. The molecule has 3 rings (SSSR count). The van der Waals surface area contributed by atoms with E-state index in [0.29, 0.717) is 21.5 Å². The molecule has 4 nitrogen and oxygen atoms in total. The molecular weight excluding hydrogens is 370 g/mol. The summed E-state index contributed by atoms with van der Waals surface area (Å²) >= 11 is 7.10. The van der Waals surface area contributed by atoms with Gasteiger partial charge in [0, 0.05) is 16.3 Å². The number of nitrogens with zero attached hydrogens (tertiary/aromatic N) is 1. The van der Waals surface area contributed by atoms with Crippen molar-refractivity contribution in [3.63, 3.8) is 0 Å². The van der Waals surface area contributed by atoms with E-state index in [1.165, 1.54) is 17.8 Å². The molecule has 25 heavy (non-hydrogen) atoms. The fraction of sp³-hybridized carbons (Fsp3) is 0.176. The van der Waals surface area contributed by atoms with E-state index in [1.54, 1.807) is 42.5 Å². The van der Waals surface area contributed by atoms with Crippen molar-refractivity contribution in [2.45, 2.75) is 18.4 Å². The Morgan fingerprint density at radius 3 is 2.64 bits per heavy atom. The van der Waals surface area contributed by atoms with E-state index in [1.807, 2.05) is 0 Å². The van der Waals surface area contributed by atoms with Crippen LogP contribution in [0.15, 0.2) is 53.5 Å². The number of ether oxygens (including phenoxy) is 1. The molecule has 0 radical (unpaired) electrons. The molecule has 0 aromatic heterocycles. The van der Waals surface area contributed by atoms with Crippen molar-refractivity contribution < 1.29 is 18.3 Å². The van der Waals surface area contributed by atoms with Gasteiger partial charge in [0.15, 0.2) is 11.2 Å². The van der Waals surface area contributed by atoms with E-state index < -0.39 is 12.7 Å². The maximum absolute atomic E-state index is 12.4. The summed E-state index contributed by atoms with van der Waals surface area (Å²) in [4.78, 5) is 16.5. The lowest BCUT2D eigenvalue weighted by atomic mass is 10.1. The van der Waals surface area contributed by atoms with Crippen LogP contribution in [0.4, 0.5) is 8.78 Å². The number of nitrogens with one attached hydrogen (secondary N) is 1. The highest BCUT2D eigenvalue weighted by Gasteiger charge is 2.28. The van der Waals surface area contributed by atoms with Crippen LogP contribution >= 0.6 is 23.4 Å². The van der Waals surface area contributed by atoms with Crippen LogP contribution in [0.1, 0.15) is 17.2 Å². The van der Waals surface area contributed by atoms with Gasteiger partial charge in [-0.1, -0.05) is 53.7 Å².